The lowest BCUT2D eigenvalue weighted by atomic mass is 10.1. The standard InChI is InChI=1S/C19H20F3N3O3S/c1-23-29(27,28)17-4-2-3-14(13-17)18(26)25-11-9-24(10-12-25)16-7-5-15(6-8-16)19(20,21)22/h2-8,13,23H,9-12H2,1H3. The van der Waals surface area contributed by atoms with E-state index in [0.29, 0.717) is 31.9 Å². The highest BCUT2D eigenvalue weighted by atomic mass is 32.2. The lowest BCUT2D eigenvalue weighted by molar-refractivity contribution is -0.137. The van der Waals surface area contributed by atoms with E-state index >= 15 is 0 Å². The molecule has 6 nitrogen and oxygen atoms in total. The number of nitrogens with zero attached hydrogens (tertiary/aromatic N) is 2. The molecule has 0 unspecified atom stereocenters. The molecule has 0 saturated carbocycles. The van der Waals surface area contributed by atoms with Gasteiger partial charge in [0.05, 0.1) is 10.5 Å². The number of hydrogen-bond donors (Lipinski definition) is 1. The molecule has 1 heterocycles. The van der Waals surface area contributed by atoms with Crippen molar-refractivity contribution in [3.63, 3.8) is 0 Å². The normalized spacial score (nSPS) is 15.4. The second-order valence-corrected chi connectivity index (χ2v) is 8.45. The van der Waals surface area contributed by atoms with Gasteiger partial charge in [-0.2, -0.15) is 13.2 Å². The fraction of sp³-hybridized carbons (Fsp3) is 0.316. The molecule has 156 valence electrons. The molecule has 1 aliphatic rings. The monoisotopic (exact) mass is 427 g/mol. The van der Waals surface area contributed by atoms with Gasteiger partial charge in [0.15, 0.2) is 0 Å². The van der Waals surface area contributed by atoms with Crippen LogP contribution in [-0.2, 0) is 16.2 Å². The lowest BCUT2D eigenvalue weighted by Gasteiger charge is -2.36. The van der Waals surface area contributed by atoms with E-state index in [-0.39, 0.29) is 16.4 Å². The molecular formula is C19H20F3N3O3S. The van der Waals surface area contributed by atoms with Crippen molar-refractivity contribution in [2.24, 2.45) is 0 Å². The predicted molar refractivity (Wildman–Crippen MR) is 102 cm³/mol. The molecule has 1 saturated heterocycles. The first-order valence-corrected chi connectivity index (χ1v) is 10.4. The van der Waals surface area contributed by atoms with Gasteiger partial charge in [-0.1, -0.05) is 6.07 Å². The first-order chi connectivity index (χ1) is 13.6. The number of anilines is 1. The molecule has 1 N–H and O–H groups in total. The Bertz CT molecular complexity index is 984. The van der Waals surface area contributed by atoms with Crippen molar-refractivity contribution < 1.29 is 26.4 Å². The van der Waals surface area contributed by atoms with Gasteiger partial charge in [-0.25, -0.2) is 13.1 Å². The lowest BCUT2D eigenvalue weighted by Crippen LogP contribution is -2.48. The van der Waals surface area contributed by atoms with Crippen LogP contribution in [0.25, 0.3) is 0 Å². The zero-order valence-corrected chi connectivity index (χ0v) is 16.4. The van der Waals surface area contributed by atoms with Gasteiger partial charge in [0, 0.05) is 37.4 Å². The van der Waals surface area contributed by atoms with Gasteiger partial charge < -0.3 is 9.80 Å². The van der Waals surface area contributed by atoms with Crippen LogP contribution in [-0.4, -0.2) is 52.5 Å². The van der Waals surface area contributed by atoms with Gasteiger partial charge >= 0.3 is 6.18 Å². The van der Waals surface area contributed by atoms with Crippen molar-refractivity contribution in [1.29, 1.82) is 0 Å². The van der Waals surface area contributed by atoms with E-state index in [9.17, 15) is 26.4 Å². The van der Waals surface area contributed by atoms with E-state index < -0.39 is 21.8 Å². The molecule has 1 fully saturated rings. The van der Waals surface area contributed by atoms with Crippen LogP contribution in [0.5, 0.6) is 0 Å². The number of sulfonamides is 1. The van der Waals surface area contributed by atoms with Crippen LogP contribution in [0, 0.1) is 0 Å². The topological polar surface area (TPSA) is 69.7 Å². The smallest absolute Gasteiger partial charge is 0.368 e. The molecule has 3 rings (SSSR count). The number of alkyl halides is 3. The Kier molecular flexibility index (Phi) is 5.85. The maximum atomic E-state index is 12.7. The number of amides is 1. The van der Waals surface area contributed by atoms with Gasteiger partial charge in [-0.3, -0.25) is 4.79 Å². The fourth-order valence-corrected chi connectivity index (χ4v) is 3.90. The second-order valence-electron chi connectivity index (χ2n) is 6.56. The van der Waals surface area contributed by atoms with E-state index in [4.69, 9.17) is 0 Å². The van der Waals surface area contributed by atoms with Crippen molar-refractivity contribution in [1.82, 2.24) is 9.62 Å². The van der Waals surface area contributed by atoms with E-state index in [2.05, 4.69) is 4.72 Å². The molecule has 1 aliphatic heterocycles. The number of carbonyl (C=O) groups excluding carboxylic acids is 1. The van der Waals surface area contributed by atoms with Gasteiger partial charge in [-0.05, 0) is 49.5 Å². The fourth-order valence-electron chi connectivity index (χ4n) is 3.13. The Hall–Kier alpha value is -2.59. The first kappa shape index (κ1) is 21.1. The van der Waals surface area contributed by atoms with E-state index in [0.717, 1.165) is 12.1 Å². The third-order valence-corrected chi connectivity index (χ3v) is 6.20. The van der Waals surface area contributed by atoms with Crippen molar-refractivity contribution in [2.45, 2.75) is 11.1 Å². The van der Waals surface area contributed by atoms with Crippen LogP contribution >= 0.6 is 0 Å². The third-order valence-electron chi connectivity index (χ3n) is 4.79. The molecule has 10 heteroatoms. The SMILES string of the molecule is CNS(=O)(=O)c1cccc(C(=O)N2CCN(c3ccc(C(F)(F)F)cc3)CC2)c1. The zero-order chi connectivity index (χ0) is 21.2. The Morgan fingerprint density at radius 3 is 2.17 bits per heavy atom. The second kappa shape index (κ2) is 8.03. The van der Waals surface area contributed by atoms with Crippen molar-refractivity contribution in [3.05, 3.63) is 59.7 Å². The van der Waals surface area contributed by atoms with E-state index in [1.807, 2.05) is 4.90 Å². The highest BCUT2D eigenvalue weighted by Gasteiger charge is 2.30. The average Bonchev–Trinajstić information content (AvgIpc) is 2.73. The van der Waals surface area contributed by atoms with Crippen LogP contribution in [0.3, 0.4) is 0 Å². The minimum Gasteiger partial charge on any atom is -0.368 e. The highest BCUT2D eigenvalue weighted by molar-refractivity contribution is 7.89. The summed E-state index contributed by atoms with van der Waals surface area (Å²) in [6.07, 6.45) is -4.38. The summed E-state index contributed by atoms with van der Waals surface area (Å²) in [7, 11) is -2.36. The van der Waals surface area contributed by atoms with Gasteiger partial charge in [0.25, 0.3) is 5.91 Å². The molecule has 29 heavy (non-hydrogen) atoms. The number of carbonyl (C=O) groups is 1. The van der Waals surface area contributed by atoms with Gasteiger partial charge in [0.1, 0.15) is 0 Å². The van der Waals surface area contributed by atoms with Gasteiger partial charge in [0.2, 0.25) is 10.0 Å². The maximum absolute atomic E-state index is 12.7. The molecule has 0 bridgehead atoms. The number of nitrogens with one attached hydrogen (secondary N) is 1. The Labute approximate surface area is 167 Å². The van der Waals surface area contributed by atoms with Crippen molar-refractivity contribution in [2.75, 3.05) is 38.1 Å². The molecule has 0 atom stereocenters. The molecule has 0 aromatic heterocycles. The van der Waals surface area contributed by atoms with Crippen molar-refractivity contribution >= 4 is 21.6 Å². The quantitative estimate of drug-likeness (QED) is 0.815. The summed E-state index contributed by atoms with van der Waals surface area (Å²) in [5.41, 5.74) is 0.225. The Morgan fingerprint density at radius 2 is 1.62 bits per heavy atom. The highest BCUT2D eigenvalue weighted by Crippen LogP contribution is 2.30. The zero-order valence-electron chi connectivity index (χ0n) is 15.6. The van der Waals surface area contributed by atoms with E-state index in [1.54, 1.807) is 11.0 Å². The molecule has 2 aromatic rings. The average molecular weight is 427 g/mol. The molecule has 0 radical (unpaired) electrons. The van der Waals surface area contributed by atoms with Gasteiger partial charge in [-0.15, -0.1) is 0 Å². The number of benzene rings is 2. The summed E-state index contributed by atoms with van der Waals surface area (Å²) in [4.78, 5) is 16.3. The van der Waals surface area contributed by atoms with Crippen LogP contribution < -0.4 is 9.62 Å². The summed E-state index contributed by atoms with van der Waals surface area (Å²) in [6.45, 7) is 1.68. The third kappa shape index (κ3) is 4.70. The Morgan fingerprint density at radius 1 is 1.00 bits per heavy atom. The summed E-state index contributed by atoms with van der Waals surface area (Å²) < 4.78 is 64.1. The maximum Gasteiger partial charge on any atom is 0.416 e. The summed E-state index contributed by atoms with van der Waals surface area (Å²) in [5, 5.41) is 0. The van der Waals surface area contributed by atoms with Crippen LogP contribution in [0.15, 0.2) is 53.4 Å². The molecule has 0 spiro atoms. The molecular weight excluding hydrogens is 407 g/mol. The molecule has 0 aliphatic carbocycles. The number of halogens is 3. The predicted octanol–water partition coefficient (Wildman–Crippen LogP) is 2.58. The molecule has 2 aromatic carbocycles. The molecule has 1 amide bonds. The largest absolute Gasteiger partial charge is 0.416 e. The first-order valence-electron chi connectivity index (χ1n) is 8.87. The Balaban J connectivity index is 1.66. The minimum absolute atomic E-state index is 0.00856. The van der Waals surface area contributed by atoms with Crippen molar-refractivity contribution in [3.8, 4) is 0 Å². The minimum atomic E-state index is -4.38. The number of hydrogen-bond acceptors (Lipinski definition) is 4. The van der Waals surface area contributed by atoms with Crippen LogP contribution in [0.2, 0.25) is 0 Å². The number of piperazine rings is 1. The summed E-state index contributed by atoms with van der Waals surface area (Å²) in [6, 6.07) is 10.7. The summed E-state index contributed by atoms with van der Waals surface area (Å²) in [5.74, 6) is -0.287. The van der Waals surface area contributed by atoms with Crippen LogP contribution in [0.4, 0.5) is 18.9 Å². The summed E-state index contributed by atoms with van der Waals surface area (Å²) >= 11 is 0. The van der Waals surface area contributed by atoms with E-state index in [1.165, 1.54) is 37.4 Å². The van der Waals surface area contributed by atoms with Crippen LogP contribution in [0.1, 0.15) is 15.9 Å². The number of rotatable bonds is 4.